The Hall–Kier alpha value is -3.60. The molecule has 2 aromatic heterocycles. The van der Waals surface area contributed by atoms with Crippen molar-refractivity contribution in [2.24, 2.45) is 7.05 Å². The Morgan fingerprint density at radius 1 is 1.17 bits per heavy atom. The Bertz CT molecular complexity index is 1210. The van der Waals surface area contributed by atoms with Crippen molar-refractivity contribution in [1.82, 2.24) is 14.5 Å². The molecule has 1 unspecified atom stereocenters. The molecule has 2 aliphatic heterocycles. The average molecular weight is 491 g/mol. The highest BCUT2D eigenvalue weighted by Crippen LogP contribution is 2.37. The van der Waals surface area contributed by atoms with Gasteiger partial charge in [0.2, 0.25) is 5.88 Å². The maximum atomic E-state index is 13.1. The van der Waals surface area contributed by atoms with Gasteiger partial charge in [0, 0.05) is 49.3 Å². The molecule has 35 heavy (non-hydrogen) atoms. The monoisotopic (exact) mass is 491 g/mol. The van der Waals surface area contributed by atoms with Gasteiger partial charge in [-0.2, -0.15) is 13.2 Å². The van der Waals surface area contributed by atoms with E-state index in [4.69, 9.17) is 19.4 Å². The molecule has 2 saturated heterocycles. The van der Waals surface area contributed by atoms with E-state index in [9.17, 15) is 18.0 Å². The first-order valence-electron chi connectivity index (χ1n) is 10.9. The topological polar surface area (TPSA) is 93.9 Å². The van der Waals surface area contributed by atoms with E-state index in [1.165, 1.54) is 0 Å². The van der Waals surface area contributed by atoms with E-state index in [0.29, 0.717) is 25.6 Å². The molecule has 186 valence electrons. The predicted molar refractivity (Wildman–Crippen MR) is 119 cm³/mol. The van der Waals surface area contributed by atoms with Crippen LogP contribution in [0.1, 0.15) is 23.2 Å². The minimum Gasteiger partial charge on any atom is -0.475 e. The van der Waals surface area contributed by atoms with E-state index in [1.54, 1.807) is 6.20 Å². The fraction of sp³-hybridized carbons (Fsp3) is 0.375. The van der Waals surface area contributed by atoms with E-state index >= 15 is 0 Å². The number of benzene rings is 1. The van der Waals surface area contributed by atoms with Gasteiger partial charge in [-0.15, -0.1) is 0 Å². The van der Waals surface area contributed by atoms with Crippen molar-refractivity contribution in [1.29, 1.82) is 0 Å². The van der Waals surface area contributed by atoms with Gasteiger partial charge >= 0.3 is 12.1 Å². The minimum absolute atomic E-state index is 0.0680. The summed E-state index contributed by atoms with van der Waals surface area (Å²) in [5, 5.41) is 8.12. The molecule has 11 heteroatoms. The van der Waals surface area contributed by atoms with E-state index < -0.39 is 12.1 Å². The summed E-state index contributed by atoms with van der Waals surface area (Å²) in [6.07, 6.45) is 0.266. The molecule has 3 aromatic rings. The molecule has 2 fully saturated rings. The Labute approximate surface area is 198 Å². The van der Waals surface area contributed by atoms with Crippen LogP contribution in [0.15, 0.2) is 54.9 Å². The van der Waals surface area contributed by atoms with Gasteiger partial charge in [0.05, 0.1) is 25.3 Å². The number of carboxylic acids is 1. The van der Waals surface area contributed by atoms with Crippen LogP contribution in [0.5, 0.6) is 5.88 Å². The number of halogens is 3. The molecule has 2 aliphatic rings. The number of fused-ring (bicyclic) bond motifs is 1. The number of ether oxygens (including phenoxy) is 2. The Morgan fingerprint density at radius 2 is 1.86 bits per heavy atom. The molecular weight excluding hydrogens is 467 g/mol. The van der Waals surface area contributed by atoms with Gasteiger partial charge in [-0.25, -0.2) is 9.78 Å². The SMILES string of the molecule is Cn1cc(C(=O)N2CC3(CC(Oc4ccccn4)CCO3)C2)c2ccccc21.O=C(O)C(F)(F)F. The van der Waals surface area contributed by atoms with Gasteiger partial charge in [0.25, 0.3) is 5.91 Å². The van der Waals surface area contributed by atoms with Gasteiger partial charge in [-0.05, 0) is 12.1 Å². The quantitative estimate of drug-likeness (QED) is 0.601. The van der Waals surface area contributed by atoms with Crippen LogP contribution in [0, 0.1) is 0 Å². The number of aryl methyl sites for hydroxylation is 1. The van der Waals surface area contributed by atoms with E-state index in [-0.39, 0.29) is 17.6 Å². The van der Waals surface area contributed by atoms with Crippen molar-refractivity contribution < 1.29 is 37.3 Å². The number of alkyl halides is 3. The lowest BCUT2D eigenvalue weighted by Gasteiger charge is -2.52. The average Bonchev–Trinajstić information content (AvgIpc) is 3.14. The van der Waals surface area contributed by atoms with E-state index in [1.807, 2.05) is 65.2 Å². The zero-order chi connectivity index (χ0) is 25.2. The summed E-state index contributed by atoms with van der Waals surface area (Å²) in [6.45, 7) is 1.86. The molecule has 0 saturated carbocycles. The van der Waals surface area contributed by atoms with E-state index in [0.717, 1.165) is 29.3 Å². The lowest BCUT2D eigenvalue weighted by atomic mass is 9.84. The zero-order valence-corrected chi connectivity index (χ0v) is 18.9. The van der Waals surface area contributed by atoms with Gasteiger partial charge in [-0.3, -0.25) is 4.79 Å². The molecular formula is C24H24F3N3O5. The summed E-state index contributed by atoms with van der Waals surface area (Å²) in [6, 6.07) is 13.7. The number of hydrogen-bond acceptors (Lipinski definition) is 5. The number of amides is 1. The number of carbonyl (C=O) groups is 2. The molecule has 0 radical (unpaired) electrons. The largest absolute Gasteiger partial charge is 0.490 e. The highest BCUT2D eigenvalue weighted by molar-refractivity contribution is 6.07. The molecule has 1 spiro atoms. The van der Waals surface area contributed by atoms with Crippen molar-refractivity contribution in [3.8, 4) is 5.88 Å². The number of rotatable bonds is 3. The number of pyridine rings is 1. The van der Waals surface area contributed by atoms with Crippen LogP contribution >= 0.6 is 0 Å². The smallest absolute Gasteiger partial charge is 0.475 e. The van der Waals surface area contributed by atoms with Crippen molar-refractivity contribution in [2.45, 2.75) is 30.7 Å². The van der Waals surface area contributed by atoms with Crippen LogP contribution in [0.3, 0.4) is 0 Å². The first-order chi connectivity index (χ1) is 16.6. The molecule has 1 aromatic carbocycles. The fourth-order valence-corrected chi connectivity index (χ4v) is 4.37. The Kier molecular flexibility index (Phi) is 6.70. The summed E-state index contributed by atoms with van der Waals surface area (Å²) in [5.74, 6) is -2.04. The van der Waals surface area contributed by atoms with Crippen LogP contribution in [0.25, 0.3) is 10.9 Å². The fourth-order valence-electron chi connectivity index (χ4n) is 4.37. The summed E-state index contributed by atoms with van der Waals surface area (Å²) in [5.41, 5.74) is 1.53. The Morgan fingerprint density at radius 3 is 2.51 bits per heavy atom. The van der Waals surface area contributed by atoms with Crippen LogP contribution < -0.4 is 4.74 Å². The van der Waals surface area contributed by atoms with Crippen LogP contribution in [-0.4, -0.2) is 69.0 Å². The second-order valence-electron chi connectivity index (χ2n) is 8.57. The highest BCUT2D eigenvalue weighted by Gasteiger charge is 2.50. The second kappa shape index (κ2) is 9.57. The lowest BCUT2D eigenvalue weighted by molar-refractivity contribution is -0.192. The third kappa shape index (κ3) is 5.40. The molecule has 1 amide bonds. The molecule has 1 atom stereocenters. The minimum atomic E-state index is -5.08. The summed E-state index contributed by atoms with van der Waals surface area (Å²) in [7, 11) is 1.97. The summed E-state index contributed by atoms with van der Waals surface area (Å²) < 4.78 is 45.9. The molecule has 0 aliphatic carbocycles. The van der Waals surface area contributed by atoms with Crippen molar-refractivity contribution in [3.05, 3.63) is 60.4 Å². The number of para-hydroxylation sites is 1. The van der Waals surface area contributed by atoms with E-state index in [2.05, 4.69) is 4.98 Å². The number of aliphatic carboxylic acids is 1. The number of carbonyl (C=O) groups excluding carboxylic acids is 1. The van der Waals surface area contributed by atoms with Crippen molar-refractivity contribution in [2.75, 3.05) is 19.7 Å². The second-order valence-corrected chi connectivity index (χ2v) is 8.57. The van der Waals surface area contributed by atoms with Gasteiger partial charge in [0.15, 0.2) is 0 Å². The zero-order valence-electron chi connectivity index (χ0n) is 18.9. The maximum absolute atomic E-state index is 13.1. The Balaban J connectivity index is 0.000000364. The third-order valence-corrected chi connectivity index (χ3v) is 5.99. The van der Waals surface area contributed by atoms with Gasteiger partial charge in [0.1, 0.15) is 11.7 Å². The summed E-state index contributed by atoms with van der Waals surface area (Å²) in [4.78, 5) is 28.1. The number of carboxylic acid groups (broad SMARTS) is 1. The van der Waals surface area contributed by atoms with Crippen LogP contribution in [0.4, 0.5) is 13.2 Å². The first-order valence-corrected chi connectivity index (χ1v) is 10.9. The number of aromatic nitrogens is 2. The number of nitrogens with zero attached hydrogens (tertiary/aromatic N) is 3. The highest BCUT2D eigenvalue weighted by atomic mass is 19.4. The van der Waals surface area contributed by atoms with Crippen molar-refractivity contribution >= 4 is 22.8 Å². The van der Waals surface area contributed by atoms with Gasteiger partial charge in [-0.1, -0.05) is 24.3 Å². The van der Waals surface area contributed by atoms with Crippen molar-refractivity contribution in [3.63, 3.8) is 0 Å². The normalized spacial score (nSPS) is 19.0. The molecule has 1 N–H and O–H groups in total. The molecule has 4 heterocycles. The maximum Gasteiger partial charge on any atom is 0.490 e. The molecule has 5 rings (SSSR count). The molecule has 8 nitrogen and oxygen atoms in total. The lowest BCUT2D eigenvalue weighted by Crippen LogP contribution is -2.67. The predicted octanol–water partition coefficient (Wildman–Crippen LogP) is 3.66. The van der Waals surface area contributed by atoms with Gasteiger partial charge < -0.3 is 24.0 Å². The van der Waals surface area contributed by atoms with Crippen LogP contribution in [0.2, 0.25) is 0 Å². The summed E-state index contributed by atoms with van der Waals surface area (Å²) >= 11 is 0. The number of likely N-dealkylation sites (tertiary alicyclic amines) is 1. The first kappa shape index (κ1) is 24.5. The van der Waals surface area contributed by atoms with Crippen LogP contribution in [-0.2, 0) is 16.6 Å². The standard InChI is InChI=1S/C22H23N3O3.C2HF3O2/c1-24-13-18(17-6-2-3-7-19(17)24)21(26)25-14-22(15-25)12-16(9-11-27-22)28-20-8-4-5-10-23-20;3-2(4,5)1(6)7/h2-8,10,13,16H,9,11-12,14-15H2,1H3;(H,6,7). The molecule has 0 bridgehead atoms. The third-order valence-electron chi connectivity index (χ3n) is 5.99. The number of hydrogen-bond donors (Lipinski definition) is 1.